The number of rotatable bonds is 8. The average Bonchev–Trinajstić information content (AvgIpc) is 2.67. The highest BCUT2D eigenvalue weighted by Crippen LogP contribution is 2.17. The minimum Gasteiger partial charge on any atom is -0.463 e. The largest absolute Gasteiger partial charge is 0.463 e. The molecular weight excluding hydrogens is 314 g/mol. The molecule has 0 aliphatic carbocycles. The maximum Gasteiger partial charge on any atom is 0.310 e. The second-order valence-electron chi connectivity index (χ2n) is 6.17. The molecule has 142 valence electrons. The molecule has 0 unspecified atom stereocenters. The molecule has 4 heteroatoms. The maximum absolute atomic E-state index is 11.8. The topological polar surface area (TPSA) is 47.6 Å². The van der Waals surface area contributed by atoms with Gasteiger partial charge >= 0.3 is 5.97 Å². The van der Waals surface area contributed by atoms with Gasteiger partial charge in [0.1, 0.15) is 6.61 Å². The van der Waals surface area contributed by atoms with Gasteiger partial charge in [0.15, 0.2) is 0 Å². The molecule has 0 radical (unpaired) electrons. The van der Waals surface area contributed by atoms with E-state index in [9.17, 15) is 4.79 Å². The Kier molecular flexibility index (Phi) is 12.0. The van der Waals surface area contributed by atoms with Gasteiger partial charge in [-0.1, -0.05) is 38.5 Å². The summed E-state index contributed by atoms with van der Waals surface area (Å²) < 4.78 is 10.3. The van der Waals surface area contributed by atoms with Crippen molar-refractivity contribution in [3.05, 3.63) is 34.9 Å². The Labute approximate surface area is 153 Å². The van der Waals surface area contributed by atoms with Crippen molar-refractivity contribution >= 4 is 5.97 Å². The van der Waals surface area contributed by atoms with Crippen LogP contribution in [0.2, 0.25) is 0 Å². The molecule has 1 aliphatic rings. The summed E-state index contributed by atoms with van der Waals surface area (Å²) in [5, 5.41) is 3.28. The van der Waals surface area contributed by atoms with Crippen LogP contribution in [0.15, 0.2) is 18.2 Å². The smallest absolute Gasteiger partial charge is 0.310 e. The zero-order chi connectivity index (χ0) is 18.3. The summed E-state index contributed by atoms with van der Waals surface area (Å²) in [4.78, 5) is 11.8. The zero-order valence-electron chi connectivity index (χ0n) is 16.2. The first kappa shape index (κ1) is 21.7. The molecule has 1 N–H and O–H groups in total. The molecule has 0 spiro atoms. The number of hydrogen-bond donors (Lipinski definition) is 1. The number of piperidine rings is 1. The Morgan fingerprint density at radius 1 is 1.00 bits per heavy atom. The first-order valence-electron chi connectivity index (χ1n) is 9.76. The highest BCUT2D eigenvalue weighted by Gasteiger charge is 2.10. The van der Waals surface area contributed by atoms with Crippen molar-refractivity contribution < 1.29 is 14.3 Å². The molecular formula is C21H35NO3. The number of esters is 1. The molecule has 1 saturated heterocycles. The van der Waals surface area contributed by atoms with Crippen LogP contribution in [0.5, 0.6) is 0 Å². The average molecular weight is 350 g/mol. The summed E-state index contributed by atoms with van der Waals surface area (Å²) in [5.41, 5.74) is 3.69. The van der Waals surface area contributed by atoms with Crippen LogP contribution in [0, 0.1) is 0 Å². The van der Waals surface area contributed by atoms with Crippen LogP contribution in [0.1, 0.15) is 56.7 Å². The normalized spacial score (nSPS) is 13.7. The summed E-state index contributed by atoms with van der Waals surface area (Å²) in [7, 11) is 0. The standard InChI is InChI=1S/C16H24O3.C5H11N/c1-4-13-8-7-9-14(15(13)5-2)12-16(17)19-11-10-18-6-3;1-2-4-6-5-3-1/h7-9H,4-6,10-12H2,1-3H3;6H,1-5H2. The number of hydrogen-bond acceptors (Lipinski definition) is 4. The first-order chi connectivity index (χ1) is 12.2. The third-order valence-corrected chi connectivity index (χ3v) is 4.34. The lowest BCUT2D eigenvalue weighted by Gasteiger charge is -2.12. The fourth-order valence-corrected chi connectivity index (χ4v) is 3.01. The van der Waals surface area contributed by atoms with Crippen LogP contribution in [-0.4, -0.2) is 38.9 Å². The van der Waals surface area contributed by atoms with E-state index in [1.165, 1.54) is 43.5 Å². The quantitative estimate of drug-likeness (QED) is 0.574. The van der Waals surface area contributed by atoms with Gasteiger partial charge in [0.05, 0.1) is 13.0 Å². The molecule has 4 nitrogen and oxygen atoms in total. The van der Waals surface area contributed by atoms with E-state index in [2.05, 4.69) is 25.2 Å². The molecule has 1 fully saturated rings. The summed E-state index contributed by atoms with van der Waals surface area (Å²) in [6, 6.07) is 6.16. The molecule has 1 aromatic carbocycles. The van der Waals surface area contributed by atoms with Gasteiger partial charge in [-0.25, -0.2) is 0 Å². The molecule has 1 aromatic rings. The molecule has 0 bridgehead atoms. The zero-order valence-corrected chi connectivity index (χ0v) is 16.2. The SMILES string of the molecule is C1CCNCC1.CCOCCOC(=O)Cc1cccc(CC)c1CC. The number of carbonyl (C=O) groups excluding carboxylic acids is 1. The molecule has 25 heavy (non-hydrogen) atoms. The Morgan fingerprint density at radius 3 is 2.24 bits per heavy atom. The fourth-order valence-electron chi connectivity index (χ4n) is 3.01. The van der Waals surface area contributed by atoms with E-state index in [1.54, 1.807) is 0 Å². The number of nitrogens with one attached hydrogen (secondary N) is 1. The lowest BCUT2D eigenvalue weighted by molar-refractivity contribution is -0.144. The predicted molar refractivity (Wildman–Crippen MR) is 103 cm³/mol. The molecule has 0 amide bonds. The molecule has 1 aliphatic heterocycles. The van der Waals surface area contributed by atoms with Gasteiger partial charge in [-0.15, -0.1) is 0 Å². The predicted octanol–water partition coefficient (Wildman–Crippen LogP) is 3.69. The number of aryl methyl sites for hydroxylation is 1. The van der Waals surface area contributed by atoms with Gasteiger partial charge in [0.2, 0.25) is 0 Å². The third kappa shape index (κ3) is 9.03. The van der Waals surface area contributed by atoms with Crippen molar-refractivity contribution in [1.82, 2.24) is 5.32 Å². The van der Waals surface area contributed by atoms with Crippen LogP contribution >= 0.6 is 0 Å². The minimum atomic E-state index is -0.178. The van der Waals surface area contributed by atoms with E-state index in [0.717, 1.165) is 18.4 Å². The fraction of sp³-hybridized carbons (Fsp3) is 0.667. The van der Waals surface area contributed by atoms with Crippen LogP contribution in [0.4, 0.5) is 0 Å². The van der Waals surface area contributed by atoms with E-state index >= 15 is 0 Å². The molecule has 0 saturated carbocycles. The van der Waals surface area contributed by atoms with Crippen molar-refractivity contribution in [1.29, 1.82) is 0 Å². The minimum absolute atomic E-state index is 0.178. The van der Waals surface area contributed by atoms with Crippen molar-refractivity contribution in [2.45, 2.75) is 59.3 Å². The van der Waals surface area contributed by atoms with Gasteiger partial charge < -0.3 is 14.8 Å². The molecule has 1 heterocycles. The van der Waals surface area contributed by atoms with E-state index in [-0.39, 0.29) is 5.97 Å². The molecule has 2 rings (SSSR count). The summed E-state index contributed by atoms with van der Waals surface area (Å²) in [5.74, 6) is -0.178. The van der Waals surface area contributed by atoms with Crippen molar-refractivity contribution in [3.8, 4) is 0 Å². The van der Waals surface area contributed by atoms with Gasteiger partial charge in [-0.3, -0.25) is 4.79 Å². The van der Waals surface area contributed by atoms with E-state index in [1.807, 2.05) is 19.1 Å². The highest BCUT2D eigenvalue weighted by molar-refractivity contribution is 5.73. The van der Waals surface area contributed by atoms with Crippen LogP contribution in [0.25, 0.3) is 0 Å². The molecule has 0 aromatic heterocycles. The highest BCUT2D eigenvalue weighted by atomic mass is 16.6. The number of benzene rings is 1. The van der Waals surface area contributed by atoms with E-state index in [0.29, 0.717) is 26.2 Å². The lowest BCUT2D eigenvalue weighted by atomic mass is 9.95. The van der Waals surface area contributed by atoms with E-state index < -0.39 is 0 Å². The van der Waals surface area contributed by atoms with Gasteiger partial charge in [0.25, 0.3) is 0 Å². The Bertz CT molecular complexity index is 473. The van der Waals surface area contributed by atoms with Gasteiger partial charge in [0, 0.05) is 6.61 Å². The second-order valence-corrected chi connectivity index (χ2v) is 6.17. The van der Waals surface area contributed by atoms with Crippen LogP contribution in [0.3, 0.4) is 0 Å². The van der Waals surface area contributed by atoms with Crippen LogP contribution < -0.4 is 5.32 Å². The monoisotopic (exact) mass is 349 g/mol. The van der Waals surface area contributed by atoms with E-state index in [4.69, 9.17) is 9.47 Å². The first-order valence-corrected chi connectivity index (χ1v) is 9.76. The Balaban J connectivity index is 0.000000435. The summed E-state index contributed by atoms with van der Waals surface area (Å²) in [6.07, 6.45) is 6.51. The Morgan fingerprint density at radius 2 is 1.72 bits per heavy atom. The van der Waals surface area contributed by atoms with Crippen molar-refractivity contribution in [2.75, 3.05) is 32.9 Å². The molecule has 0 atom stereocenters. The van der Waals surface area contributed by atoms with Crippen molar-refractivity contribution in [2.24, 2.45) is 0 Å². The lowest BCUT2D eigenvalue weighted by Crippen LogP contribution is -2.21. The number of carbonyl (C=O) groups is 1. The Hall–Kier alpha value is -1.39. The maximum atomic E-state index is 11.8. The van der Waals surface area contributed by atoms with Gasteiger partial charge in [-0.2, -0.15) is 0 Å². The van der Waals surface area contributed by atoms with Crippen LogP contribution in [-0.2, 0) is 33.5 Å². The summed E-state index contributed by atoms with van der Waals surface area (Å²) >= 11 is 0. The third-order valence-electron chi connectivity index (χ3n) is 4.34. The second kappa shape index (κ2) is 13.9. The number of ether oxygens (including phenoxy) is 2. The van der Waals surface area contributed by atoms with Crippen molar-refractivity contribution in [3.63, 3.8) is 0 Å². The van der Waals surface area contributed by atoms with Gasteiger partial charge in [-0.05, 0) is 62.4 Å². The summed E-state index contributed by atoms with van der Waals surface area (Å²) in [6.45, 7) is 10.1.